The lowest BCUT2D eigenvalue weighted by atomic mass is 10.1. The Kier molecular flexibility index (Phi) is 10.4. The van der Waals surface area contributed by atoms with Crippen LogP contribution >= 0.6 is 35.9 Å². The minimum absolute atomic E-state index is 0. The van der Waals surface area contributed by atoms with E-state index in [0.717, 1.165) is 42.5 Å². The number of piperazine rings is 1. The number of carbonyl (C=O) groups is 2. The monoisotopic (exact) mass is 565 g/mol. The Balaban J connectivity index is 0.00000336. The van der Waals surface area contributed by atoms with Crippen molar-refractivity contribution in [2.45, 2.75) is 9.79 Å². The molecule has 1 saturated heterocycles. The van der Waals surface area contributed by atoms with E-state index in [1.54, 1.807) is 23.5 Å². The zero-order valence-corrected chi connectivity index (χ0v) is 23.6. The molecule has 0 atom stereocenters. The first-order chi connectivity index (χ1) is 18.1. The topological polar surface area (TPSA) is 52.7 Å². The summed E-state index contributed by atoms with van der Waals surface area (Å²) in [6.45, 7) is 4.59. The third kappa shape index (κ3) is 7.67. The molecule has 1 aliphatic rings. The maximum atomic E-state index is 12.7. The number of rotatable bonds is 9. The molecule has 198 valence electrons. The number of nitrogens with zero attached hydrogens (tertiary/aromatic N) is 2. The second kappa shape index (κ2) is 13.9. The van der Waals surface area contributed by atoms with Gasteiger partial charge in [-0.3, -0.25) is 14.5 Å². The molecule has 0 bridgehead atoms. The Hall–Kier alpha value is -2.71. The van der Waals surface area contributed by atoms with E-state index < -0.39 is 0 Å². The number of halogens is 1. The largest absolute Gasteiger partial charge is 0.354 e. The van der Waals surface area contributed by atoms with Gasteiger partial charge in [0.15, 0.2) is 0 Å². The second-order valence-corrected chi connectivity index (χ2v) is 11.3. The summed E-state index contributed by atoms with van der Waals surface area (Å²) in [7, 11) is 0. The van der Waals surface area contributed by atoms with Crippen LogP contribution in [0.25, 0.3) is 21.5 Å². The van der Waals surface area contributed by atoms with Gasteiger partial charge in [0.1, 0.15) is 0 Å². The van der Waals surface area contributed by atoms with Crippen LogP contribution in [0.15, 0.2) is 94.7 Å². The van der Waals surface area contributed by atoms with Crippen LogP contribution in [0.3, 0.4) is 0 Å². The fraction of sp³-hybridized carbons (Fsp3) is 0.267. The number of amides is 2. The first kappa shape index (κ1) is 28.3. The van der Waals surface area contributed by atoms with Crippen molar-refractivity contribution in [3.8, 4) is 0 Å². The van der Waals surface area contributed by atoms with Crippen LogP contribution in [0.5, 0.6) is 0 Å². The number of hydrogen-bond donors (Lipinski definition) is 1. The van der Waals surface area contributed by atoms with E-state index in [-0.39, 0.29) is 24.2 Å². The first-order valence-electron chi connectivity index (χ1n) is 12.6. The zero-order chi connectivity index (χ0) is 25.5. The molecule has 1 N–H and O–H groups in total. The highest BCUT2D eigenvalue weighted by molar-refractivity contribution is 8.00. The van der Waals surface area contributed by atoms with Gasteiger partial charge in [-0.25, -0.2) is 0 Å². The lowest BCUT2D eigenvalue weighted by Crippen LogP contribution is -2.50. The fourth-order valence-electron chi connectivity index (χ4n) is 4.52. The average molecular weight is 566 g/mol. The van der Waals surface area contributed by atoms with Gasteiger partial charge in [0.25, 0.3) is 0 Å². The molecule has 0 spiro atoms. The Labute approximate surface area is 238 Å². The van der Waals surface area contributed by atoms with Gasteiger partial charge < -0.3 is 10.2 Å². The zero-order valence-electron chi connectivity index (χ0n) is 21.2. The summed E-state index contributed by atoms with van der Waals surface area (Å²) in [6.07, 6.45) is 0. The minimum Gasteiger partial charge on any atom is -0.354 e. The maximum absolute atomic E-state index is 12.7. The first-order valence-corrected chi connectivity index (χ1v) is 14.6. The Morgan fingerprint density at radius 2 is 1.21 bits per heavy atom. The maximum Gasteiger partial charge on any atom is 0.233 e. The normalized spacial score (nSPS) is 13.8. The van der Waals surface area contributed by atoms with E-state index in [4.69, 9.17) is 0 Å². The van der Waals surface area contributed by atoms with Crippen LogP contribution in [0.1, 0.15) is 0 Å². The van der Waals surface area contributed by atoms with Gasteiger partial charge >= 0.3 is 0 Å². The van der Waals surface area contributed by atoms with Crippen LogP contribution in [0.4, 0.5) is 0 Å². The lowest BCUT2D eigenvalue weighted by molar-refractivity contribution is -0.130. The highest BCUT2D eigenvalue weighted by atomic mass is 35.5. The summed E-state index contributed by atoms with van der Waals surface area (Å²) in [5, 5.41) is 7.86. The Bertz CT molecular complexity index is 1390. The minimum atomic E-state index is 0. The molecule has 5 rings (SSSR count). The average Bonchev–Trinajstić information content (AvgIpc) is 2.95. The summed E-state index contributed by atoms with van der Waals surface area (Å²) in [5.74, 6) is 1.12. The van der Waals surface area contributed by atoms with Gasteiger partial charge in [0, 0.05) is 49.1 Å². The van der Waals surface area contributed by atoms with E-state index >= 15 is 0 Å². The number of fused-ring (bicyclic) bond motifs is 2. The Morgan fingerprint density at radius 1 is 0.684 bits per heavy atom. The van der Waals surface area contributed by atoms with Crippen molar-refractivity contribution in [1.82, 2.24) is 15.1 Å². The predicted molar refractivity (Wildman–Crippen MR) is 163 cm³/mol. The molecule has 1 aliphatic heterocycles. The van der Waals surface area contributed by atoms with Crippen molar-refractivity contribution in [3.63, 3.8) is 0 Å². The molecule has 38 heavy (non-hydrogen) atoms. The predicted octanol–water partition coefficient (Wildman–Crippen LogP) is 5.56. The van der Waals surface area contributed by atoms with Crippen LogP contribution in [0.2, 0.25) is 0 Å². The van der Waals surface area contributed by atoms with E-state index in [1.165, 1.54) is 21.5 Å². The standard InChI is InChI=1S/C30H31N3O2S2.ClH/c34-29(21-36-27-11-9-23-5-1-3-7-25(23)19-27)31-13-14-32-15-17-33(18-16-32)30(35)22-37-28-12-10-24-6-2-4-8-26(24)20-28;/h1-12,19-20H,13-18,21-22H2,(H,31,34);1H. The van der Waals surface area contributed by atoms with Crippen molar-refractivity contribution in [3.05, 3.63) is 84.9 Å². The van der Waals surface area contributed by atoms with Crippen molar-refractivity contribution in [2.75, 3.05) is 50.8 Å². The van der Waals surface area contributed by atoms with E-state index in [2.05, 4.69) is 70.9 Å². The van der Waals surface area contributed by atoms with Crippen molar-refractivity contribution in [2.24, 2.45) is 0 Å². The van der Waals surface area contributed by atoms with Crippen LogP contribution in [0, 0.1) is 0 Å². The number of nitrogens with one attached hydrogen (secondary N) is 1. The summed E-state index contributed by atoms with van der Waals surface area (Å²) < 4.78 is 0. The molecule has 5 nitrogen and oxygen atoms in total. The molecular weight excluding hydrogens is 534 g/mol. The van der Waals surface area contributed by atoms with Gasteiger partial charge in [-0.15, -0.1) is 35.9 Å². The van der Waals surface area contributed by atoms with Crippen LogP contribution in [-0.4, -0.2) is 72.4 Å². The fourth-order valence-corrected chi connectivity index (χ4v) is 6.15. The van der Waals surface area contributed by atoms with Crippen LogP contribution < -0.4 is 5.32 Å². The molecule has 1 heterocycles. The van der Waals surface area contributed by atoms with Gasteiger partial charge in [0.05, 0.1) is 11.5 Å². The van der Waals surface area contributed by atoms with E-state index in [0.29, 0.717) is 18.1 Å². The molecule has 0 saturated carbocycles. The SMILES string of the molecule is Cl.O=C(CSc1ccc2ccccc2c1)NCCN1CCN(C(=O)CSc2ccc3ccccc3c2)CC1. The number of thioether (sulfide) groups is 2. The molecule has 1 fully saturated rings. The molecule has 2 amide bonds. The molecule has 4 aromatic carbocycles. The third-order valence-corrected chi connectivity index (χ3v) is 8.62. The van der Waals surface area contributed by atoms with Gasteiger partial charge in [-0.1, -0.05) is 60.7 Å². The summed E-state index contributed by atoms with van der Waals surface area (Å²) in [5.41, 5.74) is 0. The summed E-state index contributed by atoms with van der Waals surface area (Å²) in [4.78, 5) is 31.6. The highest BCUT2D eigenvalue weighted by Crippen LogP contribution is 2.25. The number of carbonyl (C=O) groups excluding carboxylic acids is 2. The Morgan fingerprint density at radius 3 is 1.79 bits per heavy atom. The third-order valence-electron chi connectivity index (χ3n) is 6.65. The van der Waals surface area contributed by atoms with E-state index in [1.807, 2.05) is 29.2 Å². The molecule has 0 aliphatic carbocycles. The van der Waals surface area contributed by atoms with Crippen molar-refractivity contribution < 1.29 is 9.59 Å². The lowest BCUT2D eigenvalue weighted by Gasteiger charge is -2.34. The van der Waals surface area contributed by atoms with Gasteiger partial charge in [-0.2, -0.15) is 0 Å². The molecular formula is C30H32ClN3O2S2. The molecule has 0 radical (unpaired) electrons. The van der Waals surface area contributed by atoms with E-state index in [9.17, 15) is 9.59 Å². The smallest absolute Gasteiger partial charge is 0.233 e. The highest BCUT2D eigenvalue weighted by Gasteiger charge is 2.21. The molecule has 4 aromatic rings. The second-order valence-electron chi connectivity index (χ2n) is 9.17. The van der Waals surface area contributed by atoms with Gasteiger partial charge in [-0.05, 0) is 45.8 Å². The summed E-state index contributed by atoms with van der Waals surface area (Å²) >= 11 is 3.17. The quantitative estimate of drug-likeness (QED) is 0.269. The molecule has 0 unspecified atom stereocenters. The van der Waals surface area contributed by atoms with Crippen molar-refractivity contribution in [1.29, 1.82) is 0 Å². The van der Waals surface area contributed by atoms with Crippen LogP contribution in [-0.2, 0) is 9.59 Å². The van der Waals surface area contributed by atoms with Gasteiger partial charge in [0.2, 0.25) is 11.8 Å². The molecule has 8 heteroatoms. The number of benzene rings is 4. The summed E-state index contributed by atoms with van der Waals surface area (Å²) in [6, 6.07) is 29.2. The number of hydrogen-bond acceptors (Lipinski definition) is 5. The molecule has 0 aromatic heterocycles. The van der Waals surface area contributed by atoms with Crippen molar-refractivity contribution >= 4 is 69.3 Å².